The Hall–Kier alpha value is -1.65. The molecule has 1 heterocycles. The summed E-state index contributed by atoms with van der Waals surface area (Å²) in [4.78, 5) is 0. The number of nitrogens with zero attached hydrogens (tertiary/aromatic N) is 2. The highest BCUT2D eigenvalue weighted by Crippen LogP contribution is 2.45. The molecule has 0 spiro atoms. The predicted molar refractivity (Wildman–Crippen MR) is 78.3 cm³/mol. The lowest BCUT2D eigenvalue weighted by atomic mass is 9.66. The van der Waals surface area contributed by atoms with E-state index >= 15 is 0 Å². The van der Waals surface area contributed by atoms with Crippen LogP contribution >= 0.6 is 0 Å². The highest BCUT2D eigenvalue weighted by molar-refractivity contribution is 5.39. The topological polar surface area (TPSA) is 64.1 Å². The second kappa shape index (κ2) is 5.04. The Morgan fingerprint density at radius 3 is 2.90 bits per heavy atom. The minimum absolute atomic E-state index is 0.400. The van der Waals surface area contributed by atoms with Gasteiger partial charge in [0.25, 0.3) is 0 Å². The average molecular weight is 271 g/mol. The molecule has 20 heavy (non-hydrogen) atoms. The number of hydrogen-bond donors (Lipinski definition) is 2. The number of aliphatic hydroxyl groups is 1. The largest absolute Gasteiger partial charge is 0.386 e. The van der Waals surface area contributed by atoms with Gasteiger partial charge in [0.05, 0.1) is 5.69 Å². The molecule has 0 saturated carbocycles. The van der Waals surface area contributed by atoms with E-state index in [2.05, 4.69) is 23.3 Å². The van der Waals surface area contributed by atoms with E-state index in [4.69, 9.17) is 5.73 Å². The fraction of sp³-hybridized carbons (Fsp3) is 0.438. The van der Waals surface area contributed by atoms with Crippen LogP contribution in [0.4, 0.5) is 0 Å². The number of hydrogen-bond acceptors (Lipinski definition) is 3. The average Bonchev–Trinajstić information content (AvgIpc) is 2.92. The molecule has 0 fully saturated rings. The molecule has 106 valence electrons. The van der Waals surface area contributed by atoms with Gasteiger partial charge >= 0.3 is 0 Å². The van der Waals surface area contributed by atoms with Crippen molar-refractivity contribution in [2.75, 3.05) is 6.54 Å². The first-order valence-electron chi connectivity index (χ1n) is 7.13. The minimum atomic E-state index is -0.624. The number of nitrogens with two attached hydrogens (primary N) is 1. The zero-order chi connectivity index (χ0) is 14.2. The van der Waals surface area contributed by atoms with E-state index in [0.717, 1.165) is 25.0 Å². The zero-order valence-corrected chi connectivity index (χ0v) is 11.8. The van der Waals surface area contributed by atoms with Crippen LogP contribution in [0.2, 0.25) is 0 Å². The summed E-state index contributed by atoms with van der Waals surface area (Å²) in [5.41, 5.74) is 9.05. The molecule has 4 heteroatoms. The first-order chi connectivity index (χ1) is 9.69. The second-order valence-electron chi connectivity index (χ2n) is 5.65. The maximum absolute atomic E-state index is 11.0. The van der Waals surface area contributed by atoms with Crippen molar-refractivity contribution < 1.29 is 5.11 Å². The maximum Gasteiger partial charge on any atom is 0.106 e. The van der Waals surface area contributed by atoms with Crippen molar-refractivity contribution in [1.29, 1.82) is 0 Å². The van der Waals surface area contributed by atoms with E-state index in [1.165, 1.54) is 11.1 Å². The summed E-state index contributed by atoms with van der Waals surface area (Å²) < 4.78 is 1.74. The molecule has 3 N–H and O–H groups in total. The molecular formula is C16H21N3O. The molecule has 1 aliphatic rings. The molecule has 2 unspecified atom stereocenters. The molecule has 2 atom stereocenters. The van der Waals surface area contributed by atoms with E-state index in [1.807, 2.05) is 19.2 Å². The lowest BCUT2D eigenvalue weighted by Gasteiger charge is -2.42. The van der Waals surface area contributed by atoms with Gasteiger partial charge in [-0.15, -0.1) is 0 Å². The summed E-state index contributed by atoms with van der Waals surface area (Å²) in [6.07, 6.45) is 4.13. The Labute approximate surface area is 119 Å². The Balaban J connectivity index is 2.11. The van der Waals surface area contributed by atoms with Crippen molar-refractivity contribution in [3.8, 4) is 0 Å². The van der Waals surface area contributed by atoms with E-state index in [9.17, 15) is 5.11 Å². The summed E-state index contributed by atoms with van der Waals surface area (Å²) in [6, 6.07) is 10.2. The summed E-state index contributed by atoms with van der Waals surface area (Å²) in [5, 5.41) is 15.1. The molecule has 3 rings (SSSR count). The number of aliphatic hydroxyl groups excluding tert-OH is 1. The van der Waals surface area contributed by atoms with E-state index in [0.29, 0.717) is 6.54 Å². The summed E-state index contributed by atoms with van der Waals surface area (Å²) in [7, 11) is 1.86. The number of rotatable bonds is 3. The van der Waals surface area contributed by atoms with Gasteiger partial charge in [-0.3, -0.25) is 4.68 Å². The van der Waals surface area contributed by atoms with Gasteiger partial charge < -0.3 is 10.8 Å². The van der Waals surface area contributed by atoms with Gasteiger partial charge in [-0.1, -0.05) is 24.3 Å². The van der Waals surface area contributed by atoms with Crippen LogP contribution in [-0.2, 0) is 18.9 Å². The molecule has 1 aromatic heterocycles. The second-order valence-corrected chi connectivity index (χ2v) is 5.65. The Morgan fingerprint density at radius 1 is 1.40 bits per heavy atom. The smallest absolute Gasteiger partial charge is 0.106 e. The SMILES string of the molecule is Cn1nccc1C(O)C1(CN)CCCc2ccccc21. The van der Waals surface area contributed by atoms with Crippen LogP contribution in [0.25, 0.3) is 0 Å². The lowest BCUT2D eigenvalue weighted by Crippen LogP contribution is -2.44. The number of aryl methyl sites for hydroxylation is 2. The molecule has 0 aliphatic heterocycles. The van der Waals surface area contributed by atoms with Gasteiger partial charge in [-0.05, 0) is 36.5 Å². The van der Waals surface area contributed by atoms with Crippen LogP contribution in [0, 0.1) is 0 Å². The molecule has 2 aromatic rings. The van der Waals surface area contributed by atoms with E-state index < -0.39 is 11.5 Å². The van der Waals surface area contributed by atoms with Gasteiger partial charge in [0.2, 0.25) is 0 Å². The number of fused-ring (bicyclic) bond motifs is 1. The van der Waals surface area contributed by atoms with Crippen molar-refractivity contribution in [2.24, 2.45) is 12.8 Å². The number of benzene rings is 1. The van der Waals surface area contributed by atoms with Crippen LogP contribution in [0.15, 0.2) is 36.5 Å². The van der Waals surface area contributed by atoms with E-state index in [-0.39, 0.29) is 0 Å². The molecule has 0 bridgehead atoms. The lowest BCUT2D eigenvalue weighted by molar-refractivity contribution is 0.0648. The van der Waals surface area contributed by atoms with Crippen molar-refractivity contribution >= 4 is 0 Å². The van der Waals surface area contributed by atoms with Crippen molar-refractivity contribution in [1.82, 2.24) is 9.78 Å². The van der Waals surface area contributed by atoms with Gasteiger partial charge in [0.15, 0.2) is 0 Å². The fourth-order valence-electron chi connectivity index (χ4n) is 3.50. The van der Waals surface area contributed by atoms with Crippen LogP contribution in [0.3, 0.4) is 0 Å². The normalized spacial score (nSPS) is 23.4. The highest BCUT2D eigenvalue weighted by atomic mass is 16.3. The third-order valence-electron chi connectivity index (χ3n) is 4.65. The van der Waals surface area contributed by atoms with Gasteiger partial charge in [-0.25, -0.2) is 0 Å². The first kappa shape index (κ1) is 13.3. The third kappa shape index (κ3) is 1.87. The maximum atomic E-state index is 11.0. The predicted octanol–water partition coefficient (Wildman–Crippen LogP) is 1.69. The molecule has 1 aliphatic carbocycles. The first-order valence-corrected chi connectivity index (χ1v) is 7.13. The van der Waals surface area contributed by atoms with Crippen LogP contribution < -0.4 is 5.73 Å². The molecule has 0 radical (unpaired) electrons. The zero-order valence-electron chi connectivity index (χ0n) is 11.8. The quantitative estimate of drug-likeness (QED) is 0.893. The van der Waals surface area contributed by atoms with Gasteiger partial charge in [0, 0.05) is 25.2 Å². The summed E-state index contributed by atoms with van der Waals surface area (Å²) in [6.45, 7) is 0.441. The molecular weight excluding hydrogens is 250 g/mol. The number of aromatic nitrogens is 2. The fourth-order valence-corrected chi connectivity index (χ4v) is 3.50. The Morgan fingerprint density at radius 2 is 2.20 bits per heavy atom. The van der Waals surface area contributed by atoms with Crippen molar-refractivity contribution in [2.45, 2.75) is 30.8 Å². The minimum Gasteiger partial charge on any atom is -0.386 e. The van der Waals surface area contributed by atoms with Crippen LogP contribution in [-0.4, -0.2) is 21.4 Å². The Bertz CT molecular complexity index is 607. The molecule has 0 amide bonds. The molecule has 4 nitrogen and oxygen atoms in total. The highest BCUT2D eigenvalue weighted by Gasteiger charge is 2.43. The molecule has 0 saturated heterocycles. The third-order valence-corrected chi connectivity index (χ3v) is 4.65. The van der Waals surface area contributed by atoms with Crippen LogP contribution in [0.1, 0.15) is 35.8 Å². The van der Waals surface area contributed by atoms with Crippen molar-refractivity contribution in [3.05, 3.63) is 53.3 Å². The van der Waals surface area contributed by atoms with Crippen molar-refractivity contribution in [3.63, 3.8) is 0 Å². The monoisotopic (exact) mass is 271 g/mol. The molecule has 1 aromatic carbocycles. The van der Waals surface area contributed by atoms with E-state index in [1.54, 1.807) is 10.9 Å². The summed E-state index contributed by atoms with van der Waals surface area (Å²) in [5.74, 6) is 0. The van der Waals surface area contributed by atoms with Gasteiger partial charge in [-0.2, -0.15) is 5.10 Å². The van der Waals surface area contributed by atoms with Gasteiger partial charge in [0.1, 0.15) is 6.10 Å². The summed E-state index contributed by atoms with van der Waals surface area (Å²) >= 11 is 0. The Kier molecular flexibility index (Phi) is 3.36. The van der Waals surface area contributed by atoms with Crippen LogP contribution in [0.5, 0.6) is 0 Å². The standard InChI is InChI=1S/C16H21N3O/c1-19-14(8-10-18-19)15(20)16(11-17)9-4-6-12-5-2-3-7-13(12)16/h2-3,5,7-8,10,15,20H,4,6,9,11,17H2,1H3.